The van der Waals surface area contributed by atoms with Crippen molar-refractivity contribution in [2.24, 2.45) is 0 Å². The van der Waals surface area contributed by atoms with E-state index in [1.165, 1.54) is 13.4 Å². The number of aryl methyl sites for hydroxylation is 1. The van der Waals surface area contributed by atoms with Crippen LogP contribution in [0, 0.1) is 6.92 Å². The zero-order valence-electron chi connectivity index (χ0n) is 18.4. The van der Waals surface area contributed by atoms with Crippen LogP contribution in [0.25, 0.3) is 11.7 Å². The summed E-state index contributed by atoms with van der Waals surface area (Å²) in [6.07, 6.45) is 2.36. The minimum Gasteiger partial charge on any atom is -0.495 e. The van der Waals surface area contributed by atoms with E-state index in [1.54, 1.807) is 18.2 Å². The summed E-state index contributed by atoms with van der Waals surface area (Å²) < 4.78 is 16.1. The third-order valence-corrected chi connectivity index (χ3v) is 4.54. The first-order chi connectivity index (χ1) is 15.5. The predicted octanol–water partition coefficient (Wildman–Crippen LogP) is 2.61. The molecule has 0 saturated heterocycles. The summed E-state index contributed by atoms with van der Waals surface area (Å²) >= 11 is 0. The molecule has 0 radical (unpaired) electrons. The third kappa shape index (κ3) is 6.42. The van der Waals surface area contributed by atoms with Gasteiger partial charge in [-0.1, -0.05) is 13.0 Å². The van der Waals surface area contributed by atoms with Crippen LogP contribution >= 0.6 is 0 Å². The number of nitrogens with zero attached hydrogens (tertiary/aromatic N) is 3. The topological polar surface area (TPSA) is 123 Å². The fourth-order valence-electron chi connectivity index (χ4n) is 3.09. The van der Waals surface area contributed by atoms with Gasteiger partial charge in [0.1, 0.15) is 5.75 Å². The second-order valence-corrected chi connectivity index (χ2v) is 7.22. The van der Waals surface area contributed by atoms with Crippen molar-refractivity contribution in [1.29, 1.82) is 0 Å². The zero-order valence-corrected chi connectivity index (χ0v) is 18.4. The monoisotopic (exact) mass is 441 g/mol. The van der Waals surface area contributed by atoms with Crippen molar-refractivity contribution < 1.29 is 23.2 Å². The van der Waals surface area contributed by atoms with Gasteiger partial charge in [0.25, 0.3) is 5.89 Å². The summed E-state index contributed by atoms with van der Waals surface area (Å²) in [6.45, 7) is 4.82. The maximum Gasteiger partial charge on any atom is 0.283 e. The smallest absolute Gasteiger partial charge is 0.283 e. The van der Waals surface area contributed by atoms with E-state index >= 15 is 0 Å². The molecule has 2 heterocycles. The van der Waals surface area contributed by atoms with Crippen molar-refractivity contribution in [1.82, 2.24) is 20.4 Å². The third-order valence-electron chi connectivity index (χ3n) is 4.54. The van der Waals surface area contributed by atoms with Crippen LogP contribution in [0.4, 0.5) is 5.69 Å². The van der Waals surface area contributed by atoms with E-state index in [1.807, 2.05) is 30.9 Å². The lowest BCUT2D eigenvalue weighted by Crippen LogP contribution is -2.40. The highest BCUT2D eigenvalue weighted by molar-refractivity contribution is 5.96. The summed E-state index contributed by atoms with van der Waals surface area (Å²) in [5, 5.41) is 13.4. The number of carbonyl (C=O) groups excluding carboxylic acids is 2. The lowest BCUT2D eigenvalue weighted by atomic mass is 10.2. The van der Waals surface area contributed by atoms with E-state index in [0.29, 0.717) is 36.2 Å². The van der Waals surface area contributed by atoms with Crippen LogP contribution in [0.1, 0.15) is 24.8 Å². The van der Waals surface area contributed by atoms with E-state index < -0.39 is 0 Å². The maximum absolute atomic E-state index is 12.4. The summed E-state index contributed by atoms with van der Waals surface area (Å²) in [7, 11) is 1.53. The van der Waals surface area contributed by atoms with Gasteiger partial charge in [0.05, 0.1) is 38.7 Å². The minimum atomic E-state index is -0.343. The van der Waals surface area contributed by atoms with Crippen molar-refractivity contribution in [3.05, 3.63) is 48.0 Å². The average molecular weight is 441 g/mol. The molecular formula is C22H27N5O5. The Balaban J connectivity index is 1.50. The number of benzene rings is 1. The highest BCUT2D eigenvalue weighted by Gasteiger charge is 2.17. The standard InChI is InChI=1S/C22H27N5O5/c1-4-9-27(14-21-25-26-22(32-21)18-6-5-10-31-18)13-20(29)23-12-19(28)24-16-11-15(2)7-8-17(16)30-3/h5-8,10-11H,4,9,12-14H2,1-3H3,(H,23,29)(H,24,28). The van der Waals surface area contributed by atoms with Crippen LogP contribution in [0.15, 0.2) is 45.4 Å². The van der Waals surface area contributed by atoms with Gasteiger partial charge in [-0.15, -0.1) is 10.2 Å². The molecule has 0 fully saturated rings. The molecule has 0 aliphatic heterocycles. The fourth-order valence-corrected chi connectivity index (χ4v) is 3.09. The van der Waals surface area contributed by atoms with Gasteiger partial charge in [-0.3, -0.25) is 14.5 Å². The molecule has 3 aromatic rings. The number of hydrogen-bond acceptors (Lipinski definition) is 8. The number of rotatable bonds is 11. The molecule has 10 nitrogen and oxygen atoms in total. The fraction of sp³-hybridized carbons (Fsp3) is 0.364. The number of hydrogen-bond donors (Lipinski definition) is 2. The van der Waals surface area contributed by atoms with Gasteiger partial charge in [0.2, 0.25) is 17.7 Å². The molecule has 170 valence electrons. The van der Waals surface area contributed by atoms with Gasteiger partial charge in [-0.25, -0.2) is 0 Å². The Morgan fingerprint density at radius 2 is 2.03 bits per heavy atom. The molecular weight excluding hydrogens is 414 g/mol. The molecule has 0 atom stereocenters. The highest BCUT2D eigenvalue weighted by atomic mass is 16.5. The summed E-state index contributed by atoms with van der Waals surface area (Å²) in [5.74, 6) is 1.08. The quantitative estimate of drug-likeness (QED) is 0.466. The Kier molecular flexibility index (Phi) is 7.98. The summed E-state index contributed by atoms with van der Waals surface area (Å²) in [4.78, 5) is 26.6. The van der Waals surface area contributed by atoms with Crippen LogP contribution in [-0.4, -0.2) is 53.7 Å². The summed E-state index contributed by atoms with van der Waals surface area (Å²) in [5.41, 5.74) is 1.54. The number of ether oxygens (including phenoxy) is 1. The van der Waals surface area contributed by atoms with E-state index in [-0.39, 0.29) is 30.8 Å². The van der Waals surface area contributed by atoms with Gasteiger partial charge < -0.3 is 24.2 Å². The number of aromatic nitrogens is 2. The molecule has 0 unspecified atom stereocenters. The number of furan rings is 1. The lowest BCUT2D eigenvalue weighted by molar-refractivity contribution is -0.125. The van der Waals surface area contributed by atoms with Crippen molar-refractivity contribution in [3.63, 3.8) is 0 Å². The Bertz CT molecular complexity index is 1030. The molecule has 10 heteroatoms. The molecule has 0 aliphatic rings. The van der Waals surface area contributed by atoms with E-state index in [0.717, 1.165) is 12.0 Å². The second-order valence-electron chi connectivity index (χ2n) is 7.22. The van der Waals surface area contributed by atoms with Crippen LogP contribution < -0.4 is 15.4 Å². The van der Waals surface area contributed by atoms with Crippen LogP contribution in [-0.2, 0) is 16.1 Å². The molecule has 0 saturated carbocycles. The largest absolute Gasteiger partial charge is 0.495 e. The van der Waals surface area contributed by atoms with Crippen molar-refractivity contribution in [3.8, 4) is 17.4 Å². The molecule has 0 aliphatic carbocycles. The van der Waals surface area contributed by atoms with Gasteiger partial charge in [0.15, 0.2) is 5.76 Å². The van der Waals surface area contributed by atoms with E-state index in [9.17, 15) is 9.59 Å². The number of carbonyl (C=O) groups is 2. The highest BCUT2D eigenvalue weighted by Crippen LogP contribution is 2.25. The lowest BCUT2D eigenvalue weighted by Gasteiger charge is -2.19. The zero-order chi connectivity index (χ0) is 22.9. The summed E-state index contributed by atoms with van der Waals surface area (Å²) in [6, 6.07) is 8.94. The average Bonchev–Trinajstić information content (AvgIpc) is 3.45. The normalized spacial score (nSPS) is 10.9. The minimum absolute atomic E-state index is 0.0906. The van der Waals surface area contributed by atoms with E-state index in [2.05, 4.69) is 20.8 Å². The number of anilines is 1. The van der Waals surface area contributed by atoms with Gasteiger partial charge >= 0.3 is 0 Å². The molecule has 2 aromatic heterocycles. The Morgan fingerprint density at radius 3 is 2.75 bits per heavy atom. The van der Waals surface area contributed by atoms with Crippen molar-refractivity contribution >= 4 is 17.5 Å². The molecule has 1 aromatic carbocycles. The first-order valence-corrected chi connectivity index (χ1v) is 10.3. The number of amides is 2. The molecule has 3 rings (SSSR count). The first-order valence-electron chi connectivity index (χ1n) is 10.3. The Hall–Kier alpha value is -3.66. The van der Waals surface area contributed by atoms with Gasteiger partial charge in [-0.2, -0.15) is 0 Å². The molecule has 2 amide bonds. The predicted molar refractivity (Wildman–Crippen MR) is 117 cm³/mol. The van der Waals surface area contributed by atoms with Crippen LogP contribution in [0.3, 0.4) is 0 Å². The maximum atomic E-state index is 12.4. The van der Waals surface area contributed by atoms with Crippen LogP contribution in [0.5, 0.6) is 5.75 Å². The molecule has 32 heavy (non-hydrogen) atoms. The van der Waals surface area contributed by atoms with Crippen LogP contribution in [0.2, 0.25) is 0 Å². The Labute approximate surface area is 185 Å². The molecule has 0 spiro atoms. The van der Waals surface area contributed by atoms with Gasteiger partial charge in [-0.05, 0) is 49.7 Å². The van der Waals surface area contributed by atoms with E-state index in [4.69, 9.17) is 13.6 Å². The molecule has 0 bridgehead atoms. The van der Waals surface area contributed by atoms with Gasteiger partial charge in [0, 0.05) is 0 Å². The SMILES string of the molecule is CCCN(CC(=O)NCC(=O)Nc1cc(C)ccc1OC)Cc1nnc(-c2ccco2)o1. The second kappa shape index (κ2) is 11.1. The first kappa shape index (κ1) is 23.0. The molecule has 2 N–H and O–H groups in total. The number of methoxy groups -OCH3 is 1. The number of nitrogens with one attached hydrogen (secondary N) is 2. The van der Waals surface area contributed by atoms with Crippen molar-refractivity contribution in [2.75, 3.05) is 32.1 Å². The Morgan fingerprint density at radius 1 is 1.19 bits per heavy atom. The van der Waals surface area contributed by atoms with Crippen molar-refractivity contribution in [2.45, 2.75) is 26.8 Å².